The van der Waals surface area contributed by atoms with Crippen LogP contribution in [0, 0.1) is 0 Å². The molecule has 2 fully saturated rings. The molecule has 0 aromatic heterocycles. The molecule has 4 nitrogen and oxygen atoms in total. The van der Waals surface area contributed by atoms with Crippen LogP contribution in [-0.2, 0) is 9.47 Å². The monoisotopic (exact) mass is 346 g/mol. The van der Waals surface area contributed by atoms with Gasteiger partial charge in [0.25, 0.3) is 0 Å². The fraction of sp³-hybridized carbons (Fsp3) is 0.500. The highest BCUT2D eigenvalue weighted by Gasteiger charge is 2.40. The molecule has 21 heavy (non-hydrogen) atoms. The number of likely N-dealkylation sites (tertiary alicyclic amines) is 1. The highest BCUT2D eigenvalue weighted by atomic mass is 35.5. The van der Waals surface area contributed by atoms with Gasteiger partial charge in [-0.05, 0) is 30.4 Å². The lowest BCUT2D eigenvalue weighted by Crippen LogP contribution is -2.48. The molecular formula is C14H16Cl2N2O2S. The number of nitrogens with one attached hydrogen (secondary N) is 1. The second-order valence-corrected chi connectivity index (χ2v) is 6.44. The van der Waals surface area contributed by atoms with Crippen molar-refractivity contribution in [2.75, 3.05) is 31.6 Å². The Morgan fingerprint density at radius 2 is 1.67 bits per heavy atom. The summed E-state index contributed by atoms with van der Waals surface area (Å²) >= 11 is 17.4. The molecule has 0 amide bonds. The Bertz CT molecular complexity index is 520. The van der Waals surface area contributed by atoms with Crippen molar-refractivity contribution < 1.29 is 9.47 Å². The van der Waals surface area contributed by atoms with Crippen LogP contribution in [0.25, 0.3) is 0 Å². The molecule has 1 spiro atoms. The number of piperidine rings is 1. The Morgan fingerprint density at radius 3 is 2.24 bits per heavy atom. The fourth-order valence-corrected chi connectivity index (χ4v) is 3.49. The van der Waals surface area contributed by atoms with Crippen molar-refractivity contribution in [3.05, 3.63) is 28.2 Å². The summed E-state index contributed by atoms with van der Waals surface area (Å²) in [7, 11) is 0. The zero-order chi connectivity index (χ0) is 14.9. The van der Waals surface area contributed by atoms with Crippen LogP contribution in [0.3, 0.4) is 0 Å². The number of halogens is 2. The van der Waals surface area contributed by atoms with Crippen molar-refractivity contribution in [3.63, 3.8) is 0 Å². The third-order valence-electron chi connectivity index (χ3n) is 3.74. The van der Waals surface area contributed by atoms with Crippen molar-refractivity contribution in [2.24, 2.45) is 0 Å². The lowest BCUT2D eigenvalue weighted by molar-refractivity contribution is -0.180. The largest absolute Gasteiger partial charge is 0.349 e. The molecule has 0 atom stereocenters. The van der Waals surface area contributed by atoms with Gasteiger partial charge in [-0.25, -0.2) is 0 Å². The van der Waals surface area contributed by atoms with E-state index in [1.807, 2.05) is 0 Å². The Kier molecular flexibility index (Phi) is 4.57. The van der Waals surface area contributed by atoms with Crippen molar-refractivity contribution in [2.45, 2.75) is 18.6 Å². The van der Waals surface area contributed by atoms with Crippen LogP contribution in [0.2, 0.25) is 10.0 Å². The number of thiocarbonyl (C=S) groups is 1. The van der Waals surface area contributed by atoms with Crippen molar-refractivity contribution >= 4 is 46.2 Å². The molecule has 2 aliphatic rings. The summed E-state index contributed by atoms with van der Waals surface area (Å²) in [5, 5.41) is 5.01. The highest BCUT2D eigenvalue weighted by molar-refractivity contribution is 7.80. The van der Waals surface area contributed by atoms with E-state index in [0.29, 0.717) is 28.4 Å². The molecule has 0 radical (unpaired) electrons. The first-order valence-corrected chi connectivity index (χ1v) is 8.03. The van der Waals surface area contributed by atoms with Crippen molar-refractivity contribution in [1.29, 1.82) is 0 Å². The Morgan fingerprint density at radius 1 is 1.10 bits per heavy atom. The zero-order valence-corrected chi connectivity index (χ0v) is 13.7. The fourth-order valence-electron chi connectivity index (χ4n) is 2.66. The van der Waals surface area contributed by atoms with Gasteiger partial charge < -0.3 is 19.7 Å². The molecule has 1 aromatic rings. The van der Waals surface area contributed by atoms with Gasteiger partial charge in [0.2, 0.25) is 0 Å². The second-order valence-electron chi connectivity index (χ2n) is 5.18. The maximum absolute atomic E-state index is 5.99. The van der Waals surface area contributed by atoms with Gasteiger partial charge in [0.15, 0.2) is 10.9 Å². The molecule has 0 unspecified atom stereocenters. The molecule has 0 aliphatic carbocycles. The first-order chi connectivity index (χ1) is 10.1. The molecule has 3 rings (SSSR count). The third-order valence-corrected chi connectivity index (χ3v) is 4.54. The van der Waals surface area contributed by atoms with Crippen LogP contribution < -0.4 is 5.32 Å². The van der Waals surface area contributed by atoms with Gasteiger partial charge in [-0.3, -0.25) is 0 Å². The average Bonchev–Trinajstić information content (AvgIpc) is 2.86. The zero-order valence-electron chi connectivity index (χ0n) is 11.4. The SMILES string of the molecule is S=C(Nc1cc(Cl)cc(Cl)c1)N1CCC2(CC1)OCCO2. The van der Waals surface area contributed by atoms with Gasteiger partial charge in [0.1, 0.15) is 0 Å². The smallest absolute Gasteiger partial charge is 0.173 e. The van der Waals surface area contributed by atoms with Crippen molar-refractivity contribution in [3.8, 4) is 0 Å². The summed E-state index contributed by atoms with van der Waals surface area (Å²) in [5.41, 5.74) is 0.797. The van der Waals surface area contributed by atoms with Crippen LogP contribution in [0.4, 0.5) is 5.69 Å². The van der Waals surface area contributed by atoms with E-state index in [-0.39, 0.29) is 5.79 Å². The Labute approximate surface area is 139 Å². The Hall–Kier alpha value is -0.590. The van der Waals surface area contributed by atoms with E-state index in [4.69, 9.17) is 44.9 Å². The number of hydrogen-bond acceptors (Lipinski definition) is 3. The number of benzene rings is 1. The number of ether oxygens (including phenoxy) is 2. The van der Waals surface area contributed by atoms with E-state index < -0.39 is 0 Å². The second kappa shape index (κ2) is 6.26. The van der Waals surface area contributed by atoms with E-state index in [9.17, 15) is 0 Å². The number of nitrogens with zero attached hydrogens (tertiary/aromatic N) is 1. The first-order valence-electron chi connectivity index (χ1n) is 6.86. The molecule has 2 heterocycles. The summed E-state index contributed by atoms with van der Waals surface area (Å²) in [6.45, 7) is 2.98. The molecule has 2 saturated heterocycles. The maximum atomic E-state index is 5.99. The van der Waals surface area contributed by atoms with Crippen LogP contribution in [0.1, 0.15) is 12.8 Å². The highest BCUT2D eigenvalue weighted by Crippen LogP contribution is 2.31. The minimum absolute atomic E-state index is 0.383. The normalized spacial score (nSPS) is 20.8. The number of rotatable bonds is 1. The standard InChI is InChI=1S/C14H16Cl2N2O2S/c15-10-7-11(16)9-12(8-10)17-13(21)18-3-1-14(2-4-18)19-5-6-20-14/h7-9H,1-6H2,(H,17,21). The van der Waals surface area contributed by atoms with Crippen LogP contribution >= 0.6 is 35.4 Å². The summed E-state index contributed by atoms with van der Waals surface area (Å²) in [6.07, 6.45) is 1.65. The van der Waals surface area contributed by atoms with Crippen LogP contribution in [0.5, 0.6) is 0 Å². The van der Waals surface area contributed by atoms with Gasteiger partial charge >= 0.3 is 0 Å². The lowest BCUT2D eigenvalue weighted by Gasteiger charge is -2.38. The minimum atomic E-state index is -0.383. The predicted molar refractivity (Wildman–Crippen MR) is 88.1 cm³/mol. The summed E-state index contributed by atoms with van der Waals surface area (Å²) in [5.74, 6) is -0.383. The summed E-state index contributed by atoms with van der Waals surface area (Å²) in [6, 6.07) is 5.29. The third kappa shape index (κ3) is 3.60. The first kappa shape index (κ1) is 15.3. The molecule has 2 aliphatic heterocycles. The van der Waals surface area contributed by atoms with Crippen molar-refractivity contribution in [1.82, 2.24) is 4.90 Å². The van der Waals surface area contributed by atoms with E-state index in [0.717, 1.165) is 31.6 Å². The quantitative estimate of drug-likeness (QED) is 0.786. The van der Waals surface area contributed by atoms with Crippen LogP contribution in [-0.4, -0.2) is 42.1 Å². The molecule has 1 N–H and O–H groups in total. The lowest BCUT2D eigenvalue weighted by atomic mass is 10.0. The number of hydrogen-bond donors (Lipinski definition) is 1. The maximum Gasteiger partial charge on any atom is 0.173 e. The van der Waals surface area contributed by atoms with Gasteiger partial charge in [-0.15, -0.1) is 0 Å². The molecule has 0 saturated carbocycles. The van der Waals surface area contributed by atoms with E-state index in [1.165, 1.54) is 0 Å². The molecular weight excluding hydrogens is 331 g/mol. The Balaban J connectivity index is 1.59. The van der Waals surface area contributed by atoms with E-state index in [1.54, 1.807) is 18.2 Å². The molecule has 1 aromatic carbocycles. The molecule has 0 bridgehead atoms. The van der Waals surface area contributed by atoms with Gasteiger partial charge in [0, 0.05) is 41.7 Å². The number of anilines is 1. The van der Waals surface area contributed by atoms with Gasteiger partial charge in [0.05, 0.1) is 13.2 Å². The average molecular weight is 347 g/mol. The van der Waals surface area contributed by atoms with Crippen LogP contribution in [0.15, 0.2) is 18.2 Å². The predicted octanol–water partition coefficient (Wildman–Crippen LogP) is 3.53. The van der Waals surface area contributed by atoms with Gasteiger partial charge in [-0.2, -0.15) is 0 Å². The summed E-state index contributed by atoms with van der Waals surface area (Å²) in [4.78, 5) is 2.11. The molecule has 7 heteroatoms. The molecule has 114 valence electrons. The van der Waals surface area contributed by atoms with Gasteiger partial charge in [-0.1, -0.05) is 23.2 Å². The van der Waals surface area contributed by atoms with E-state index >= 15 is 0 Å². The van der Waals surface area contributed by atoms with E-state index in [2.05, 4.69) is 10.2 Å². The minimum Gasteiger partial charge on any atom is -0.349 e. The summed E-state index contributed by atoms with van der Waals surface area (Å²) < 4.78 is 11.4. The topological polar surface area (TPSA) is 33.7 Å².